The van der Waals surface area contributed by atoms with Crippen molar-refractivity contribution in [3.8, 4) is 0 Å². The van der Waals surface area contributed by atoms with Crippen molar-refractivity contribution in [2.45, 2.75) is 18.6 Å². The van der Waals surface area contributed by atoms with Gasteiger partial charge < -0.3 is 9.80 Å². The van der Waals surface area contributed by atoms with Crippen LogP contribution in [0, 0.1) is 0 Å². The van der Waals surface area contributed by atoms with Crippen molar-refractivity contribution in [3.63, 3.8) is 0 Å². The minimum Gasteiger partial charge on any atom is -0.357 e. The summed E-state index contributed by atoms with van der Waals surface area (Å²) in [7, 11) is 1.96. The van der Waals surface area contributed by atoms with Crippen molar-refractivity contribution in [2.24, 2.45) is 0 Å². The molecule has 1 aliphatic heterocycles. The van der Waals surface area contributed by atoms with Crippen LogP contribution in [0.1, 0.15) is 6.42 Å². The Bertz CT molecular complexity index is 822. The summed E-state index contributed by atoms with van der Waals surface area (Å²) in [4.78, 5) is 16.4. The number of rotatable bonds is 4. The van der Waals surface area contributed by atoms with E-state index in [2.05, 4.69) is 25.1 Å². The summed E-state index contributed by atoms with van der Waals surface area (Å²) in [5.41, 5.74) is 0.682. The molecular formula is C15H17FN8. The molecule has 2 atom stereocenters. The first-order valence-corrected chi connectivity index (χ1v) is 7.74. The van der Waals surface area contributed by atoms with Crippen LogP contribution in [-0.4, -0.2) is 61.9 Å². The normalized spacial score (nSPS) is 20.7. The van der Waals surface area contributed by atoms with Gasteiger partial charge >= 0.3 is 0 Å². The molecule has 0 aliphatic carbocycles. The van der Waals surface area contributed by atoms with E-state index >= 15 is 0 Å². The fourth-order valence-corrected chi connectivity index (χ4v) is 3.20. The molecular weight excluding hydrogens is 311 g/mol. The van der Waals surface area contributed by atoms with E-state index in [9.17, 15) is 4.39 Å². The Kier molecular flexibility index (Phi) is 3.68. The molecule has 4 heterocycles. The second-order valence-corrected chi connectivity index (χ2v) is 5.91. The molecule has 0 unspecified atom stereocenters. The molecule has 0 aromatic carbocycles. The van der Waals surface area contributed by atoms with Crippen LogP contribution < -0.4 is 9.80 Å². The number of fused-ring (bicyclic) bond motifs is 1. The van der Waals surface area contributed by atoms with Gasteiger partial charge in [-0.15, -0.1) is 10.2 Å². The van der Waals surface area contributed by atoms with E-state index < -0.39 is 6.17 Å². The number of hydrogen-bond acceptors (Lipinski definition) is 7. The summed E-state index contributed by atoms with van der Waals surface area (Å²) in [6.45, 7) is 0.994. The van der Waals surface area contributed by atoms with Gasteiger partial charge in [-0.25, -0.2) is 14.4 Å². The van der Waals surface area contributed by atoms with Crippen molar-refractivity contribution >= 4 is 17.3 Å². The molecule has 0 radical (unpaired) electrons. The zero-order chi connectivity index (χ0) is 16.5. The summed E-state index contributed by atoms with van der Waals surface area (Å²) < 4.78 is 15.9. The highest BCUT2D eigenvalue weighted by molar-refractivity contribution is 5.48. The Morgan fingerprint density at radius 3 is 3.08 bits per heavy atom. The molecule has 8 nitrogen and oxygen atoms in total. The second kappa shape index (κ2) is 5.99. The zero-order valence-electron chi connectivity index (χ0n) is 13.2. The van der Waals surface area contributed by atoms with Crippen LogP contribution in [-0.2, 0) is 0 Å². The minimum atomic E-state index is -0.859. The predicted molar refractivity (Wildman–Crippen MR) is 86.7 cm³/mol. The highest BCUT2D eigenvalue weighted by Crippen LogP contribution is 2.27. The predicted octanol–water partition coefficient (Wildman–Crippen LogP) is 0.968. The maximum atomic E-state index is 14.0. The molecule has 0 amide bonds. The van der Waals surface area contributed by atoms with E-state index in [1.807, 2.05) is 27.3 Å². The Hall–Kier alpha value is -2.84. The third kappa shape index (κ3) is 2.61. The monoisotopic (exact) mass is 328 g/mol. The number of halogens is 1. The quantitative estimate of drug-likeness (QED) is 0.706. The van der Waals surface area contributed by atoms with Gasteiger partial charge in [-0.2, -0.15) is 0 Å². The van der Waals surface area contributed by atoms with Crippen molar-refractivity contribution in [1.82, 2.24) is 29.5 Å². The largest absolute Gasteiger partial charge is 0.357 e. The van der Waals surface area contributed by atoms with E-state index in [0.29, 0.717) is 25.2 Å². The molecule has 124 valence electrons. The summed E-state index contributed by atoms with van der Waals surface area (Å²) in [5.74, 6) is 1.62. The van der Waals surface area contributed by atoms with Crippen LogP contribution in [0.15, 0.2) is 37.3 Å². The van der Waals surface area contributed by atoms with Crippen LogP contribution in [0.5, 0.6) is 0 Å². The van der Waals surface area contributed by atoms with Gasteiger partial charge in [0.05, 0.1) is 25.0 Å². The molecule has 0 bridgehead atoms. The highest BCUT2D eigenvalue weighted by Gasteiger charge is 2.34. The standard InChI is InChI=1S/C15H17FN8/c1-22(15-6-18-5-14-21-20-10-24(14)15)8-12-4-11(16)7-23(12)13-2-3-17-9-19-13/h2-3,5-6,9-12H,4,7-8H2,1H3/t11-,12-/m0/s1. The molecule has 1 saturated heterocycles. The number of nitrogens with zero attached hydrogens (tertiary/aromatic N) is 8. The zero-order valence-corrected chi connectivity index (χ0v) is 13.2. The lowest BCUT2D eigenvalue weighted by Crippen LogP contribution is -2.40. The van der Waals surface area contributed by atoms with Crippen LogP contribution in [0.3, 0.4) is 0 Å². The fourth-order valence-electron chi connectivity index (χ4n) is 3.20. The number of aromatic nitrogens is 6. The van der Waals surface area contributed by atoms with Crippen LogP contribution in [0.4, 0.5) is 16.0 Å². The van der Waals surface area contributed by atoms with Crippen LogP contribution in [0.25, 0.3) is 5.65 Å². The number of hydrogen-bond donors (Lipinski definition) is 0. The first kappa shape index (κ1) is 14.7. The smallest absolute Gasteiger partial charge is 0.180 e. The average Bonchev–Trinajstić information content (AvgIpc) is 3.21. The van der Waals surface area contributed by atoms with Gasteiger partial charge in [0.25, 0.3) is 0 Å². The first-order valence-electron chi connectivity index (χ1n) is 7.74. The lowest BCUT2D eigenvalue weighted by Gasteiger charge is -2.30. The van der Waals surface area contributed by atoms with Gasteiger partial charge in [0.1, 0.15) is 30.5 Å². The topological polar surface area (TPSA) is 75.3 Å². The molecule has 0 N–H and O–H groups in total. The Balaban J connectivity index is 1.58. The van der Waals surface area contributed by atoms with E-state index in [0.717, 1.165) is 11.6 Å². The van der Waals surface area contributed by atoms with Crippen LogP contribution in [0.2, 0.25) is 0 Å². The van der Waals surface area contributed by atoms with Gasteiger partial charge in [0.2, 0.25) is 0 Å². The summed E-state index contributed by atoms with van der Waals surface area (Å²) in [5, 5.41) is 7.91. The number of alkyl halides is 1. The third-order valence-corrected chi connectivity index (χ3v) is 4.30. The summed E-state index contributed by atoms with van der Waals surface area (Å²) in [6, 6.07) is 1.83. The molecule has 24 heavy (non-hydrogen) atoms. The number of likely N-dealkylation sites (N-methyl/N-ethyl adjacent to an activating group) is 1. The Morgan fingerprint density at radius 2 is 2.25 bits per heavy atom. The Morgan fingerprint density at radius 1 is 1.33 bits per heavy atom. The molecule has 9 heteroatoms. The van der Waals surface area contributed by atoms with Gasteiger partial charge in [-0.3, -0.25) is 9.38 Å². The molecule has 0 spiro atoms. The molecule has 1 fully saturated rings. The summed E-state index contributed by atoms with van der Waals surface area (Å²) in [6.07, 6.45) is 7.84. The van der Waals surface area contributed by atoms with Crippen molar-refractivity contribution in [2.75, 3.05) is 29.9 Å². The lowest BCUT2D eigenvalue weighted by molar-refractivity contribution is 0.356. The average molecular weight is 328 g/mol. The Labute approximate surface area is 138 Å². The second-order valence-electron chi connectivity index (χ2n) is 5.91. The van der Waals surface area contributed by atoms with Gasteiger partial charge in [0, 0.05) is 26.2 Å². The van der Waals surface area contributed by atoms with Crippen molar-refractivity contribution < 1.29 is 4.39 Å². The first-order chi connectivity index (χ1) is 11.7. The molecule has 0 saturated carbocycles. The highest BCUT2D eigenvalue weighted by atomic mass is 19.1. The van der Waals surface area contributed by atoms with Crippen molar-refractivity contribution in [3.05, 3.63) is 37.3 Å². The lowest BCUT2D eigenvalue weighted by atomic mass is 10.2. The maximum absolute atomic E-state index is 14.0. The van der Waals surface area contributed by atoms with E-state index in [1.165, 1.54) is 6.33 Å². The van der Waals surface area contributed by atoms with Crippen LogP contribution >= 0.6 is 0 Å². The van der Waals surface area contributed by atoms with Gasteiger partial charge in [-0.1, -0.05) is 0 Å². The molecule has 4 rings (SSSR count). The van der Waals surface area contributed by atoms with Crippen molar-refractivity contribution in [1.29, 1.82) is 0 Å². The van der Waals surface area contributed by atoms with Gasteiger partial charge in [0.15, 0.2) is 5.65 Å². The molecule has 3 aromatic rings. The molecule has 3 aromatic heterocycles. The van der Waals surface area contributed by atoms with E-state index in [4.69, 9.17) is 0 Å². The molecule has 1 aliphatic rings. The van der Waals surface area contributed by atoms with E-state index in [-0.39, 0.29) is 6.04 Å². The maximum Gasteiger partial charge on any atom is 0.180 e. The SMILES string of the molecule is CN(C[C@@H]1C[C@H](F)CN1c1ccncn1)c1cncc2nncn12. The fraction of sp³-hybridized carbons (Fsp3) is 0.400. The third-order valence-electron chi connectivity index (χ3n) is 4.30. The van der Waals surface area contributed by atoms with E-state index in [1.54, 1.807) is 24.9 Å². The summed E-state index contributed by atoms with van der Waals surface area (Å²) >= 11 is 0. The minimum absolute atomic E-state index is 0.0200. The van der Waals surface area contributed by atoms with Gasteiger partial charge in [-0.05, 0) is 6.07 Å². The number of anilines is 2.